The standard InChI is InChI=1S/C23H35N2O3P/c1-18(2)16-27-29(26,28-17-19(3)4)23(24-21-10-8-7-9-11-21)20-12-14-22(15-13-20)25(5)6/h7-15,18-19,23-24H,16-17H2,1-6H3. The highest BCUT2D eigenvalue weighted by molar-refractivity contribution is 7.54. The minimum absolute atomic E-state index is 0.250. The fourth-order valence-corrected chi connectivity index (χ4v) is 4.91. The van der Waals surface area contributed by atoms with Gasteiger partial charge in [0.2, 0.25) is 0 Å². The van der Waals surface area contributed by atoms with Crippen molar-refractivity contribution in [2.45, 2.75) is 33.5 Å². The molecule has 0 saturated heterocycles. The molecule has 1 atom stereocenters. The SMILES string of the molecule is CC(C)COP(=O)(OCC(C)C)C(Nc1ccccc1)c1ccc(N(C)C)cc1. The Morgan fingerprint density at radius 3 is 1.83 bits per heavy atom. The number of para-hydroxylation sites is 1. The summed E-state index contributed by atoms with van der Waals surface area (Å²) in [5, 5.41) is 3.41. The molecule has 6 heteroatoms. The van der Waals surface area contributed by atoms with Crippen molar-refractivity contribution in [3.63, 3.8) is 0 Å². The highest BCUT2D eigenvalue weighted by Crippen LogP contribution is 2.61. The molecule has 2 aromatic rings. The van der Waals surface area contributed by atoms with Crippen LogP contribution in [0.4, 0.5) is 11.4 Å². The monoisotopic (exact) mass is 418 g/mol. The molecule has 29 heavy (non-hydrogen) atoms. The Labute approximate surface area is 176 Å². The molecule has 1 N–H and O–H groups in total. The summed E-state index contributed by atoms with van der Waals surface area (Å²) in [6.45, 7) is 8.91. The first-order valence-corrected chi connectivity index (χ1v) is 11.8. The van der Waals surface area contributed by atoms with E-state index in [4.69, 9.17) is 9.05 Å². The number of rotatable bonds is 11. The fourth-order valence-electron chi connectivity index (χ4n) is 2.68. The molecule has 0 amide bonds. The van der Waals surface area contributed by atoms with Crippen molar-refractivity contribution < 1.29 is 13.6 Å². The van der Waals surface area contributed by atoms with Crippen LogP contribution in [0.1, 0.15) is 39.0 Å². The van der Waals surface area contributed by atoms with Gasteiger partial charge in [0.1, 0.15) is 0 Å². The van der Waals surface area contributed by atoms with Gasteiger partial charge in [-0.3, -0.25) is 4.57 Å². The van der Waals surface area contributed by atoms with Gasteiger partial charge in [-0.25, -0.2) is 0 Å². The Kier molecular flexibility index (Phi) is 8.76. The molecule has 0 aliphatic heterocycles. The zero-order valence-corrected chi connectivity index (χ0v) is 19.4. The normalized spacial score (nSPS) is 13.0. The van der Waals surface area contributed by atoms with Gasteiger partial charge in [-0.15, -0.1) is 0 Å². The van der Waals surface area contributed by atoms with E-state index in [2.05, 4.69) is 5.32 Å². The molecule has 0 bridgehead atoms. The smallest absolute Gasteiger partial charge is 0.357 e. The van der Waals surface area contributed by atoms with E-state index in [1.807, 2.05) is 101 Å². The zero-order valence-electron chi connectivity index (χ0n) is 18.5. The van der Waals surface area contributed by atoms with Crippen LogP contribution < -0.4 is 10.2 Å². The molecular weight excluding hydrogens is 383 g/mol. The molecule has 2 aromatic carbocycles. The molecule has 0 fully saturated rings. The molecule has 0 saturated carbocycles. The van der Waals surface area contributed by atoms with Crippen molar-refractivity contribution in [1.29, 1.82) is 0 Å². The lowest BCUT2D eigenvalue weighted by molar-refractivity contribution is 0.168. The Hall–Kier alpha value is -1.81. The maximum atomic E-state index is 14.0. The molecule has 0 aromatic heterocycles. The second-order valence-corrected chi connectivity index (χ2v) is 10.4. The summed E-state index contributed by atoms with van der Waals surface area (Å²) in [5.74, 6) is -0.0995. The Morgan fingerprint density at radius 1 is 0.862 bits per heavy atom. The van der Waals surface area contributed by atoms with Crippen LogP contribution in [0, 0.1) is 11.8 Å². The van der Waals surface area contributed by atoms with E-state index in [0.29, 0.717) is 13.2 Å². The van der Waals surface area contributed by atoms with Crippen LogP contribution in [-0.4, -0.2) is 27.3 Å². The van der Waals surface area contributed by atoms with Gasteiger partial charge < -0.3 is 19.3 Å². The van der Waals surface area contributed by atoms with Crippen molar-refractivity contribution in [2.24, 2.45) is 11.8 Å². The van der Waals surface area contributed by atoms with Crippen molar-refractivity contribution in [3.05, 3.63) is 60.2 Å². The molecule has 1 unspecified atom stereocenters. The van der Waals surface area contributed by atoms with E-state index >= 15 is 0 Å². The summed E-state index contributed by atoms with van der Waals surface area (Å²) in [6, 6.07) is 17.8. The number of hydrogen-bond donors (Lipinski definition) is 1. The number of nitrogens with zero attached hydrogens (tertiary/aromatic N) is 1. The first-order chi connectivity index (χ1) is 13.7. The van der Waals surface area contributed by atoms with E-state index in [1.165, 1.54) is 0 Å². The topological polar surface area (TPSA) is 50.8 Å². The maximum absolute atomic E-state index is 14.0. The molecule has 0 spiro atoms. The second kappa shape index (κ2) is 10.8. The van der Waals surface area contributed by atoms with Crippen molar-refractivity contribution in [2.75, 3.05) is 37.5 Å². The van der Waals surface area contributed by atoms with E-state index in [-0.39, 0.29) is 11.8 Å². The first kappa shape index (κ1) is 23.5. The summed E-state index contributed by atoms with van der Waals surface area (Å²) in [5.41, 5.74) is 2.82. The predicted octanol–water partition coefficient (Wildman–Crippen LogP) is 6.40. The molecule has 160 valence electrons. The minimum Gasteiger partial charge on any atom is -0.378 e. The molecule has 0 radical (unpaired) electrons. The van der Waals surface area contributed by atoms with Crippen LogP contribution >= 0.6 is 7.60 Å². The lowest BCUT2D eigenvalue weighted by Gasteiger charge is -2.30. The van der Waals surface area contributed by atoms with E-state index in [0.717, 1.165) is 16.9 Å². The third-order valence-electron chi connectivity index (χ3n) is 4.29. The van der Waals surface area contributed by atoms with Crippen molar-refractivity contribution in [1.82, 2.24) is 0 Å². The quantitative estimate of drug-likeness (QED) is 0.428. The van der Waals surface area contributed by atoms with Crippen molar-refractivity contribution >= 4 is 19.0 Å². The first-order valence-electron chi connectivity index (χ1n) is 10.2. The highest BCUT2D eigenvalue weighted by Gasteiger charge is 2.38. The minimum atomic E-state index is -3.49. The van der Waals surface area contributed by atoms with Crippen LogP contribution in [0.15, 0.2) is 54.6 Å². The summed E-state index contributed by atoms with van der Waals surface area (Å²) in [7, 11) is 0.506. The highest BCUT2D eigenvalue weighted by atomic mass is 31.2. The van der Waals surface area contributed by atoms with Gasteiger partial charge in [0.25, 0.3) is 0 Å². The van der Waals surface area contributed by atoms with Gasteiger partial charge in [-0.2, -0.15) is 0 Å². The van der Waals surface area contributed by atoms with E-state index in [1.54, 1.807) is 0 Å². The largest absolute Gasteiger partial charge is 0.378 e. The van der Waals surface area contributed by atoms with Gasteiger partial charge in [-0.1, -0.05) is 58.0 Å². The molecule has 0 aliphatic rings. The predicted molar refractivity (Wildman–Crippen MR) is 123 cm³/mol. The Morgan fingerprint density at radius 2 is 1.38 bits per heavy atom. The lowest BCUT2D eigenvalue weighted by Crippen LogP contribution is -2.18. The fraction of sp³-hybridized carbons (Fsp3) is 0.478. The Bertz CT molecular complexity index is 760. The van der Waals surface area contributed by atoms with Crippen molar-refractivity contribution in [3.8, 4) is 0 Å². The van der Waals surface area contributed by atoms with Gasteiger partial charge in [-0.05, 0) is 41.7 Å². The molecule has 5 nitrogen and oxygen atoms in total. The van der Waals surface area contributed by atoms with Gasteiger partial charge in [0, 0.05) is 25.5 Å². The van der Waals surface area contributed by atoms with E-state index in [9.17, 15) is 4.57 Å². The third kappa shape index (κ3) is 7.18. The Balaban J connectivity index is 2.43. The van der Waals surface area contributed by atoms with Crippen LogP contribution in [-0.2, 0) is 13.6 Å². The lowest BCUT2D eigenvalue weighted by atomic mass is 10.2. The number of nitrogens with one attached hydrogen (secondary N) is 1. The second-order valence-electron chi connectivity index (χ2n) is 8.32. The van der Waals surface area contributed by atoms with Crippen LogP contribution in [0.3, 0.4) is 0 Å². The van der Waals surface area contributed by atoms with Crippen LogP contribution in [0.5, 0.6) is 0 Å². The average molecular weight is 419 g/mol. The third-order valence-corrected chi connectivity index (χ3v) is 6.37. The number of benzene rings is 2. The van der Waals surface area contributed by atoms with Crippen LogP contribution in [0.25, 0.3) is 0 Å². The summed E-state index contributed by atoms with van der Waals surface area (Å²) in [6.07, 6.45) is 0. The van der Waals surface area contributed by atoms with Gasteiger partial charge >= 0.3 is 7.60 Å². The van der Waals surface area contributed by atoms with E-state index < -0.39 is 13.4 Å². The van der Waals surface area contributed by atoms with Gasteiger partial charge in [0.05, 0.1) is 13.2 Å². The van der Waals surface area contributed by atoms with Gasteiger partial charge in [0.15, 0.2) is 5.78 Å². The average Bonchev–Trinajstić information content (AvgIpc) is 2.70. The summed E-state index contributed by atoms with van der Waals surface area (Å²) < 4.78 is 26.0. The maximum Gasteiger partial charge on any atom is 0.357 e. The number of anilines is 2. The molecular formula is C23H35N2O3P. The number of hydrogen-bond acceptors (Lipinski definition) is 5. The molecule has 0 heterocycles. The molecule has 0 aliphatic carbocycles. The summed E-state index contributed by atoms with van der Waals surface area (Å²) >= 11 is 0. The van der Waals surface area contributed by atoms with Crippen LogP contribution in [0.2, 0.25) is 0 Å². The molecule has 2 rings (SSSR count). The zero-order chi connectivity index (χ0) is 21.4. The summed E-state index contributed by atoms with van der Waals surface area (Å²) in [4.78, 5) is 2.04.